The standard InChI is InChI=1S/C14H10N2O2S/c17-11-7-3-1-5-9(11)15-13(18)14-16-10-6-2-4-8-12(10)19-14/h1-8,17H,(H,15,18). The lowest BCUT2D eigenvalue weighted by Gasteiger charge is -2.04. The molecule has 0 spiro atoms. The molecule has 0 saturated carbocycles. The maximum atomic E-state index is 12.1. The molecule has 1 aromatic heterocycles. The fourth-order valence-electron chi connectivity index (χ4n) is 1.72. The van der Waals surface area contributed by atoms with Crippen LogP contribution in [0.2, 0.25) is 0 Å². The second-order valence-corrected chi connectivity index (χ2v) is 4.99. The van der Waals surface area contributed by atoms with Crippen molar-refractivity contribution in [2.24, 2.45) is 0 Å². The number of phenolic OH excluding ortho intramolecular Hbond substituents is 1. The second-order valence-electron chi connectivity index (χ2n) is 3.96. The zero-order chi connectivity index (χ0) is 13.2. The number of hydrogen-bond acceptors (Lipinski definition) is 4. The molecule has 4 nitrogen and oxygen atoms in total. The topological polar surface area (TPSA) is 62.2 Å². The number of carbonyl (C=O) groups excluding carboxylic acids is 1. The van der Waals surface area contributed by atoms with Gasteiger partial charge in [0, 0.05) is 0 Å². The van der Waals surface area contributed by atoms with Crippen LogP contribution in [0.15, 0.2) is 48.5 Å². The quantitative estimate of drug-likeness (QED) is 0.703. The number of benzene rings is 2. The van der Waals surface area contributed by atoms with E-state index in [0.29, 0.717) is 10.7 Å². The highest BCUT2D eigenvalue weighted by Crippen LogP contribution is 2.25. The first-order chi connectivity index (χ1) is 9.24. The molecule has 1 amide bonds. The van der Waals surface area contributed by atoms with Gasteiger partial charge >= 0.3 is 0 Å². The molecule has 0 unspecified atom stereocenters. The average molecular weight is 270 g/mol. The third kappa shape index (κ3) is 2.28. The van der Waals surface area contributed by atoms with Gasteiger partial charge in [0.2, 0.25) is 0 Å². The Morgan fingerprint density at radius 3 is 2.63 bits per heavy atom. The van der Waals surface area contributed by atoms with E-state index in [1.165, 1.54) is 17.4 Å². The summed E-state index contributed by atoms with van der Waals surface area (Å²) in [6.45, 7) is 0. The number of aromatic hydroxyl groups is 1. The minimum absolute atomic E-state index is 0.0389. The lowest BCUT2D eigenvalue weighted by molar-refractivity contribution is 0.102. The van der Waals surface area contributed by atoms with Crippen LogP contribution < -0.4 is 5.32 Å². The van der Waals surface area contributed by atoms with Crippen LogP contribution in [0.5, 0.6) is 5.75 Å². The van der Waals surface area contributed by atoms with E-state index >= 15 is 0 Å². The zero-order valence-corrected chi connectivity index (χ0v) is 10.6. The van der Waals surface area contributed by atoms with E-state index < -0.39 is 0 Å². The highest BCUT2D eigenvalue weighted by molar-refractivity contribution is 7.20. The maximum Gasteiger partial charge on any atom is 0.284 e. The Balaban J connectivity index is 1.90. The maximum absolute atomic E-state index is 12.1. The summed E-state index contributed by atoms with van der Waals surface area (Å²) in [5.74, 6) is -0.278. The molecular formula is C14H10N2O2S. The summed E-state index contributed by atoms with van der Waals surface area (Å²) in [7, 11) is 0. The first-order valence-corrected chi connectivity index (χ1v) is 6.50. The Hall–Kier alpha value is -2.40. The molecule has 3 aromatic rings. The number of phenols is 1. The molecule has 2 N–H and O–H groups in total. The number of fused-ring (bicyclic) bond motifs is 1. The predicted molar refractivity (Wildman–Crippen MR) is 75.7 cm³/mol. The van der Waals surface area contributed by atoms with Gasteiger partial charge in [0.05, 0.1) is 15.9 Å². The number of aromatic nitrogens is 1. The molecule has 0 radical (unpaired) electrons. The van der Waals surface area contributed by atoms with Crippen LogP contribution in [0.25, 0.3) is 10.2 Å². The number of hydrogen-bond donors (Lipinski definition) is 2. The molecule has 94 valence electrons. The van der Waals surface area contributed by atoms with E-state index in [-0.39, 0.29) is 11.7 Å². The zero-order valence-electron chi connectivity index (χ0n) is 9.83. The largest absolute Gasteiger partial charge is 0.506 e. The van der Waals surface area contributed by atoms with Gasteiger partial charge in [-0.25, -0.2) is 4.98 Å². The van der Waals surface area contributed by atoms with Gasteiger partial charge in [-0.2, -0.15) is 0 Å². The van der Waals surface area contributed by atoms with Gasteiger partial charge in [-0.3, -0.25) is 4.79 Å². The molecule has 0 bridgehead atoms. The molecule has 0 saturated heterocycles. The van der Waals surface area contributed by atoms with Crippen molar-refractivity contribution in [3.63, 3.8) is 0 Å². The number of nitrogens with zero attached hydrogens (tertiary/aromatic N) is 1. The van der Waals surface area contributed by atoms with Gasteiger partial charge in [0.25, 0.3) is 5.91 Å². The van der Waals surface area contributed by atoms with Crippen LogP contribution in [0, 0.1) is 0 Å². The number of thiazole rings is 1. The van der Waals surface area contributed by atoms with E-state index in [0.717, 1.165) is 10.2 Å². The molecular weight excluding hydrogens is 260 g/mol. The first-order valence-electron chi connectivity index (χ1n) is 5.69. The number of rotatable bonds is 2. The molecule has 0 aliphatic heterocycles. The van der Waals surface area contributed by atoms with Crippen molar-refractivity contribution < 1.29 is 9.90 Å². The minimum Gasteiger partial charge on any atom is -0.506 e. The lowest BCUT2D eigenvalue weighted by Crippen LogP contribution is -2.11. The average Bonchev–Trinajstić information content (AvgIpc) is 2.85. The highest BCUT2D eigenvalue weighted by atomic mass is 32.1. The Labute approximate surface area is 113 Å². The van der Waals surface area contributed by atoms with Gasteiger partial charge in [-0.1, -0.05) is 24.3 Å². The van der Waals surface area contributed by atoms with Crippen molar-refractivity contribution in [2.45, 2.75) is 0 Å². The van der Waals surface area contributed by atoms with Crippen LogP contribution in [0.3, 0.4) is 0 Å². The van der Waals surface area contributed by atoms with Gasteiger partial charge < -0.3 is 10.4 Å². The summed E-state index contributed by atoms with van der Waals surface area (Å²) in [4.78, 5) is 16.3. The predicted octanol–water partition coefficient (Wildman–Crippen LogP) is 3.25. The van der Waals surface area contributed by atoms with Crippen LogP contribution in [0.1, 0.15) is 9.80 Å². The smallest absolute Gasteiger partial charge is 0.284 e. The van der Waals surface area contributed by atoms with Crippen LogP contribution in [-0.2, 0) is 0 Å². The molecule has 3 rings (SSSR count). The van der Waals surface area contributed by atoms with Crippen molar-refractivity contribution in [2.75, 3.05) is 5.32 Å². The van der Waals surface area contributed by atoms with E-state index in [9.17, 15) is 9.90 Å². The molecule has 0 aliphatic rings. The summed E-state index contributed by atoms with van der Waals surface area (Å²) in [6.07, 6.45) is 0. The Morgan fingerprint density at radius 1 is 1.11 bits per heavy atom. The summed E-state index contributed by atoms with van der Waals surface area (Å²) < 4.78 is 0.963. The van der Waals surface area contributed by atoms with E-state index in [2.05, 4.69) is 10.3 Å². The van der Waals surface area contributed by atoms with Crippen molar-refractivity contribution in [1.29, 1.82) is 0 Å². The van der Waals surface area contributed by atoms with Crippen molar-refractivity contribution in [3.8, 4) is 5.75 Å². The molecule has 19 heavy (non-hydrogen) atoms. The minimum atomic E-state index is -0.317. The molecule has 1 heterocycles. The molecule has 5 heteroatoms. The first kappa shape index (κ1) is 11.7. The van der Waals surface area contributed by atoms with E-state index in [1.807, 2.05) is 24.3 Å². The van der Waals surface area contributed by atoms with Crippen LogP contribution in [-0.4, -0.2) is 16.0 Å². The summed E-state index contributed by atoms with van der Waals surface area (Å²) in [5, 5.41) is 12.6. The van der Waals surface area contributed by atoms with Gasteiger partial charge in [-0.05, 0) is 24.3 Å². The van der Waals surface area contributed by atoms with Crippen LogP contribution in [0.4, 0.5) is 5.69 Å². The Morgan fingerprint density at radius 2 is 1.84 bits per heavy atom. The molecule has 2 aromatic carbocycles. The van der Waals surface area contributed by atoms with Gasteiger partial charge in [0.1, 0.15) is 5.75 Å². The van der Waals surface area contributed by atoms with E-state index in [1.54, 1.807) is 18.2 Å². The Kier molecular flexibility index (Phi) is 2.89. The van der Waals surface area contributed by atoms with Crippen LogP contribution >= 0.6 is 11.3 Å². The lowest BCUT2D eigenvalue weighted by atomic mass is 10.3. The normalized spacial score (nSPS) is 10.5. The molecule has 0 fully saturated rings. The van der Waals surface area contributed by atoms with Gasteiger partial charge in [0.15, 0.2) is 5.01 Å². The Bertz CT molecular complexity index is 719. The third-order valence-electron chi connectivity index (χ3n) is 2.64. The summed E-state index contributed by atoms with van der Waals surface area (Å²) >= 11 is 1.33. The number of carbonyl (C=O) groups is 1. The number of nitrogens with one attached hydrogen (secondary N) is 1. The van der Waals surface area contributed by atoms with Gasteiger partial charge in [-0.15, -0.1) is 11.3 Å². The van der Waals surface area contributed by atoms with Crippen molar-refractivity contribution in [3.05, 3.63) is 53.5 Å². The highest BCUT2D eigenvalue weighted by Gasteiger charge is 2.13. The number of anilines is 1. The monoisotopic (exact) mass is 270 g/mol. The summed E-state index contributed by atoms with van der Waals surface area (Å²) in [6, 6.07) is 14.2. The summed E-state index contributed by atoms with van der Waals surface area (Å²) in [5.41, 5.74) is 1.18. The third-order valence-corrected chi connectivity index (χ3v) is 3.68. The molecule has 0 atom stereocenters. The SMILES string of the molecule is O=C(Nc1ccccc1O)c1nc2ccccc2s1. The van der Waals surface area contributed by atoms with Crippen molar-refractivity contribution in [1.82, 2.24) is 4.98 Å². The second kappa shape index (κ2) is 4.70. The molecule has 0 aliphatic carbocycles. The van der Waals surface area contributed by atoms with Crippen molar-refractivity contribution >= 4 is 33.1 Å². The fourth-order valence-corrected chi connectivity index (χ4v) is 2.59. The number of para-hydroxylation sites is 3. The fraction of sp³-hybridized carbons (Fsp3) is 0. The number of amides is 1. The van der Waals surface area contributed by atoms with E-state index in [4.69, 9.17) is 0 Å².